The predicted molar refractivity (Wildman–Crippen MR) is 90.3 cm³/mol. The molecule has 1 fully saturated rings. The van der Waals surface area contributed by atoms with Crippen LogP contribution >= 0.6 is 11.6 Å². The van der Waals surface area contributed by atoms with Crippen LogP contribution in [0.3, 0.4) is 0 Å². The fourth-order valence-electron chi connectivity index (χ4n) is 2.79. The van der Waals surface area contributed by atoms with Gasteiger partial charge in [0.05, 0.1) is 23.1 Å². The Morgan fingerprint density at radius 3 is 2.68 bits per heavy atom. The summed E-state index contributed by atoms with van der Waals surface area (Å²) in [5, 5.41) is 7.08. The maximum Gasteiger partial charge on any atom is 0.144 e. The van der Waals surface area contributed by atoms with Gasteiger partial charge in [-0.1, -0.05) is 30.9 Å². The SMILES string of the molecule is CNc1cncc(-c2cc(NC3CCCCC3)ncc2Cl)n1. The summed E-state index contributed by atoms with van der Waals surface area (Å²) in [4.78, 5) is 13.1. The molecule has 3 rings (SSSR count). The summed E-state index contributed by atoms with van der Waals surface area (Å²) in [6.45, 7) is 0. The molecule has 1 aliphatic rings. The van der Waals surface area contributed by atoms with Gasteiger partial charge in [0.15, 0.2) is 0 Å². The van der Waals surface area contributed by atoms with Crippen molar-refractivity contribution in [3.63, 3.8) is 0 Å². The first kappa shape index (κ1) is 15.0. The number of nitrogens with one attached hydrogen (secondary N) is 2. The molecule has 0 unspecified atom stereocenters. The highest BCUT2D eigenvalue weighted by Gasteiger charge is 2.15. The molecule has 5 nitrogen and oxygen atoms in total. The number of nitrogens with zero attached hydrogens (tertiary/aromatic N) is 3. The molecule has 0 spiro atoms. The molecule has 0 aliphatic heterocycles. The molecule has 116 valence electrons. The van der Waals surface area contributed by atoms with E-state index in [1.54, 1.807) is 18.6 Å². The number of pyridine rings is 1. The Bertz CT molecular complexity index is 640. The van der Waals surface area contributed by atoms with Gasteiger partial charge in [0.2, 0.25) is 0 Å². The van der Waals surface area contributed by atoms with Gasteiger partial charge in [-0.25, -0.2) is 9.97 Å². The van der Waals surface area contributed by atoms with Gasteiger partial charge >= 0.3 is 0 Å². The molecule has 0 aromatic carbocycles. The van der Waals surface area contributed by atoms with Crippen molar-refractivity contribution < 1.29 is 0 Å². The fraction of sp³-hybridized carbons (Fsp3) is 0.438. The summed E-state index contributed by atoms with van der Waals surface area (Å²) < 4.78 is 0. The van der Waals surface area contributed by atoms with Crippen LogP contribution in [0, 0.1) is 0 Å². The van der Waals surface area contributed by atoms with Crippen molar-refractivity contribution in [1.82, 2.24) is 15.0 Å². The Morgan fingerprint density at radius 1 is 1.09 bits per heavy atom. The van der Waals surface area contributed by atoms with E-state index in [1.807, 2.05) is 13.1 Å². The average Bonchev–Trinajstić information content (AvgIpc) is 2.57. The molecular formula is C16H20ClN5. The number of anilines is 2. The van der Waals surface area contributed by atoms with Gasteiger partial charge in [0.25, 0.3) is 0 Å². The minimum absolute atomic E-state index is 0.505. The van der Waals surface area contributed by atoms with Crippen LogP contribution in [0.4, 0.5) is 11.6 Å². The van der Waals surface area contributed by atoms with Gasteiger partial charge in [-0.2, -0.15) is 0 Å². The van der Waals surface area contributed by atoms with Crippen LogP contribution in [0.15, 0.2) is 24.7 Å². The van der Waals surface area contributed by atoms with Crippen LogP contribution in [0.1, 0.15) is 32.1 Å². The van der Waals surface area contributed by atoms with Crippen molar-refractivity contribution in [2.24, 2.45) is 0 Å². The van der Waals surface area contributed by atoms with Crippen LogP contribution in [0.5, 0.6) is 0 Å². The van der Waals surface area contributed by atoms with E-state index in [9.17, 15) is 0 Å². The second kappa shape index (κ2) is 6.92. The van der Waals surface area contributed by atoms with Crippen LogP contribution in [-0.4, -0.2) is 28.0 Å². The van der Waals surface area contributed by atoms with Crippen molar-refractivity contribution in [3.05, 3.63) is 29.7 Å². The van der Waals surface area contributed by atoms with E-state index >= 15 is 0 Å². The molecule has 0 atom stereocenters. The zero-order valence-corrected chi connectivity index (χ0v) is 13.4. The highest BCUT2D eigenvalue weighted by atomic mass is 35.5. The predicted octanol–water partition coefficient (Wildman–Crippen LogP) is 3.98. The highest BCUT2D eigenvalue weighted by Crippen LogP contribution is 2.29. The molecule has 0 bridgehead atoms. The number of halogens is 1. The Balaban J connectivity index is 1.85. The van der Waals surface area contributed by atoms with Crippen LogP contribution in [0.2, 0.25) is 5.02 Å². The highest BCUT2D eigenvalue weighted by molar-refractivity contribution is 6.33. The Labute approximate surface area is 135 Å². The number of rotatable bonds is 4. The third-order valence-corrected chi connectivity index (χ3v) is 4.28. The average molecular weight is 318 g/mol. The van der Waals surface area contributed by atoms with Gasteiger partial charge in [-0.3, -0.25) is 4.98 Å². The van der Waals surface area contributed by atoms with Crippen molar-refractivity contribution in [2.45, 2.75) is 38.1 Å². The molecule has 2 aromatic heterocycles. The van der Waals surface area contributed by atoms with Gasteiger partial charge in [0, 0.05) is 24.8 Å². The van der Waals surface area contributed by atoms with E-state index in [2.05, 4.69) is 25.6 Å². The van der Waals surface area contributed by atoms with E-state index in [4.69, 9.17) is 11.6 Å². The van der Waals surface area contributed by atoms with E-state index in [-0.39, 0.29) is 0 Å². The van der Waals surface area contributed by atoms with Crippen molar-refractivity contribution >= 4 is 23.2 Å². The number of aromatic nitrogens is 3. The fourth-order valence-corrected chi connectivity index (χ4v) is 2.99. The third-order valence-electron chi connectivity index (χ3n) is 3.98. The topological polar surface area (TPSA) is 62.7 Å². The molecule has 2 heterocycles. The monoisotopic (exact) mass is 317 g/mol. The van der Waals surface area contributed by atoms with Crippen LogP contribution in [0.25, 0.3) is 11.3 Å². The lowest BCUT2D eigenvalue weighted by Gasteiger charge is -2.23. The van der Waals surface area contributed by atoms with Crippen molar-refractivity contribution in [1.29, 1.82) is 0 Å². The maximum absolute atomic E-state index is 6.29. The largest absolute Gasteiger partial charge is 0.372 e. The summed E-state index contributed by atoms with van der Waals surface area (Å²) in [5.74, 6) is 1.56. The minimum atomic E-state index is 0.505. The lowest BCUT2D eigenvalue weighted by Crippen LogP contribution is -2.22. The second-order valence-electron chi connectivity index (χ2n) is 5.57. The molecule has 2 aromatic rings. The smallest absolute Gasteiger partial charge is 0.144 e. The molecule has 1 aliphatic carbocycles. The Kier molecular flexibility index (Phi) is 4.73. The Hall–Kier alpha value is -1.88. The minimum Gasteiger partial charge on any atom is -0.372 e. The van der Waals surface area contributed by atoms with Gasteiger partial charge in [0.1, 0.15) is 11.6 Å². The maximum atomic E-state index is 6.29. The van der Waals surface area contributed by atoms with E-state index in [0.717, 1.165) is 17.1 Å². The van der Waals surface area contributed by atoms with Crippen LogP contribution < -0.4 is 10.6 Å². The quantitative estimate of drug-likeness (QED) is 0.893. The second-order valence-corrected chi connectivity index (χ2v) is 5.98. The first-order valence-electron chi connectivity index (χ1n) is 7.68. The molecule has 0 radical (unpaired) electrons. The number of hydrogen-bond donors (Lipinski definition) is 2. The lowest BCUT2D eigenvalue weighted by atomic mass is 9.95. The first-order chi connectivity index (χ1) is 10.8. The third kappa shape index (κ3) is 3.47. The molecule has 1 saturated carbocycles. The molecule has 22 heavy (non-hydrogen) atoms. The summed E-state index contributed by atoms with van der Waals surface area (Å²) in [6.07, 6.45) is 11.4. The Morgan fingerprint density at radius 2 is 1.91 bits per heavy atom. The van der Waals surface area contributed by atoms with E-state index in [0.29, 0.717) is 16.9 Å². The summed E-state index contributed by atoms with van der Waals surface area (Å²) >= 11 is 6.29. The summed E-state index contributed by atoms with van der Waals surface area (Å²) in [7, 11) is 1.82. The normalized spacial score (nSPS) is 15.5. The zero-order valence-electron chi connectivity index (χ0n) is 12.6. The zero-order chi connectivity index (χ0) is 15.4. The van der Waals surface area contributed by atoms with Gasteiger partial charge < -0.3 is 10.6 Å². The van der Waals surface area contributed by atoms with Gasteiger partial charge in [-0.05, 0) is 18.9 Å². The van der Waals surface area contributed by atoms with Gasteiger partial charge in [-0.15, -0.1) is 0 Å². The summed E-state index contributed by atoms with van der Waals surface area (Å²) in [6, 6.07) is 2.46. The molecule has 0 amide bonds. The summed E-state index contributed by atoms with van der Waals surface area (Å²) in [5.41, 5.74) is 1.59. The van der Waals surface area contributed by atoms with E-state index < -0.39 is 0 Å². The number of hydrogen-bond acceptors (Lipinski definition) is 5. The molecule has 6 heteroatoms. The lowest BCUT2D eigenvalue weighted by molar-refractivity contribution is 0.462. The molecule has 0 saturated heterocycles. The molecular weight excluding hydrogens is 298 g/mol. The first-order valence-corrected chi connectivity index (χ1v) is 8.06. The van der Waals surface area contributed by atoms with Crippen LogP contribution in [-0.2, 0) is 0 Å². The molecule has 2 N–H and O–H groups in total. The van der Waals surface area contributed by atoms with Crippen molar-refractivity contribution in [2.75, 3.05) is 17.7 Å². The van der Waals surface area contributed by atoms with E-state index in [1.165, 1.54) is 32.1 Å². The standard InChI is InChI=1S/C16H20ClN5/c1-18-16-10-19-9-14(22-16)12-7-15(20-8-13(12)17)21-11-5-3-2-4-6-11/h7-11H,2-6H2,1H3,(H,18,22)(H,20,21). The van der Waals surface area contributed by atoms with Crippen molar-refractivity contribution in [3.8, 4) is 11.3 Å².